The minimum absolute atomic E-state index is 0.869. The molecule has 1 aromatic rings. The first kappa shape index (κ1) is 5.76. The van der Waals surface area contributed by atoms with Crippen molar-refractivity contribution in [1.29, 1.82) is 0 Å². The lowest BCUT2D eigenvalue weighted by atomic mass is 10.4. The highest BCUT2D eigenvalue weighted by molar-refractivity contribution is 9.10. The van der Waals surface area contributed by atoms with Crippen LogP contribution in [0.5, 0.6) is 0 Å². The fourth-order valence-corrected chi connectivity index (χ4v) is 0.859. The number of halogens is 1. The van der Waals surface area contributed by atoms with E-state index < -0.39 is 0 Å². The molecular weight excluding hydrogens is 166 g/mol. The molecule has 41 valence electrons. The molecule has 8 heavy (non-hydrogen) atoms. The van der Waals surface area contributed by atoms with Gasteiger partial charge in [0.25, 0.3) is 0 Å². The summed E-state index contributed by atoms with van der Waals surface area (Å²) >= 11 is 3.23. The molecule has 0 unspecified atom stereocenters. The lowest BCUT2D eigenvalue weighted by Gasteiger charge is -1.87. The Kier molecular flexibility index (Phi) is 1.63. The van der Waals surface area contributed by atoms with Gasteiger partial charge in [0.05, 0.1) is 0 Å². The van der Waals surface area contributed by atoms with Crippen molar-refractivity contribution in [2.45, 2.75) is 6.92 Å². The maximum Gasteiger partial charge on any atom is 0.106 e. The molecule has 2 heteroatoms. The Bertz CT molecular complexity index is 168. The molecule has 0 aliphatic carbocycles. The first-order valence-corrected chi connectivity index (χ1v) is 3.09. The van der Waals surface area contributed by atoms with Gasteiger partial charge in [-0.15, -0.1) is 0 Å². The monoisotopic (exact) mass is 170 g/mol. The largest absolute Gasteiger partial charge is 0.246 e. The van der Waals surface area contributed by atoms with Gasteiger partial charge >= 0.3 is 0 Å². The standard InChI is InChI=1S/C6H5BrN/c1-5-3-2-4-6(7)8-5/h2,4H,1H3. The van der Waals surface area contributed by atoms with E-state index in [4.69, 9.17) is 0 Å². The minimum atomic E-state index is 0.869. The smallest absolute Gasteiger partial charge is 0.106 e. The van der Waals surface area contributed by atoms with Crippen LogP contribution in [-0.2, 0) is 0 Å². The Balaban J connectivity index is 3.08. The van der Waals surface area contributed by atoms with E-state index >= 15 is 0 Å². The third-order valence-electron chi connectivity index (χ3n) is 0.788. The second kappa shape index (κ2) is 2.27. The average Bonchev–Trinajstić information content (AvgIpc) is 1.64. The van der Waals surface area contributed by atoms with E-state index in [0.717, 1.165) is 10.3 Å². The van der Waals surface area contributed by atoms with Crippen molar-refractivity contribution in [3.63, 3.8) is 0 Å². The molecule has 1 nitrogen and oxygen atoms in total. The molecule has 0 amide bonds. The van der Waals surface area contributed by atoms with Gasteiger partial charge in [-0.2, -0.15) is 0 Å². The second-order valence-electron chi connectivity index (χ2n) is 1.50. The first-order valence-electron chi connectivity index (χ1n) is 2.30. The molecule has 1 heterocycles. The topological polar surface area (TPSA) is 12.9 Å². The van der Waals surface area contributed by atoms with E-state index in [9.17, 15) is 0 Å². The van der Waals surface area contributed by atoms with E-state index in [1.165, 1.54) is 0 Å². The zero-order valence-corrected chi connectivity index (χ0v) is 6.07. The summed E-state index contributed by atoms with van der Waals surface area (Å²) in [5.74, 6) is 0. The van der Waals surface area contributed by atoms with Gasteiger partial charge in [-0.25, -0.2) is 4.98 Å². The molecule has 0 saturated heterocycles. The molecule has 0 bridgehead atoms. The fourth-order valence-electron chi connectivity index (χ4n) is 0.461. The van der Waals surface area contributed by atoms with Gasteiger partial charge in [-0.1, -0.05) is 0 Å². The van der Waals surface area contributed by atoms with E-state index in [2.05, 4.69) is 27.0 Å². The minimum Gasteiger partial charge on any atom is -0.246 e. The maximum atomic E-state index is 4.03. The summed E-state index contributed by atoms with van der Waals surface area (Å²) in [4.78, 5) is 4.03. The molecular formula is C6H5BrN. The summed E-state index contributed by atoms with van der Waals surface area (Å²) in [7, 11) is 0. The van der Waals surface area contributed by atoms with Crippen molar-refractivity contribution in [2.24, 2.45) is 0 Å². The summed E-state index contributed by atoms with van der Waals surface area (Å²) in [6, 6.07) is 6.62. The summed E-state index contributed by atoms with van der Waals surface area (Å²) in [5, 5.41) is 0. The van der Waals surface area contributed by atoms with Crippen molar-refractivity contribution < 1.29 is 0 Å². The number of hydrogen-bond donors (Lipinski definition) is 0. The molecule has 0 fully saturated rings. The van der Waals surface area contributed by atoms with Crippen LogP contribution in [0.25, 0.3) is 0 Å². The van der Waals surface area contributed by atoms with Crippen molar-refractivity contribution in [1.82, 2.24) is 4.98 Å². The quantitative estimate of drug-likeness (QED) is 0.543. The molecule has 0 aliphatic rings. The highest BCUT2D eigenvalue weighted by Gasteiger charge is 1.84. The van der Waals surface area contributed by atoms with Gasteiger partial charge in [0.2, 0.25) is 0 Å². The van der Waals surface area contributed by atoms with E-state index in [1.807, 2.05) is 19.1 Å². The van der Waals surface area contributed by atoms with Crippen LogP contribution in [-0.4, -0.2) is 4.98 Å². The Morgan fingerprint density at radius 1 is 1.75 bits per heavy atom. The highest BCUT2D eigenvalue weighted by Crippen LogP contribution is 2.03. The van der Waals surface area contributed by atoms with Gasteiger partial charge in [0.15, 0.2) is 0 Å². The fraction of sp³-hybridized carbons (Fsp3) is 0.167. The van der Waals surface area contributed by atoms with Gasteiger partial charge in [-0.3, -0.25) is 0 Å². The summed E-state index contributed by atoms with van der Waals surface area (Å²) in [6.45, 7) is 1.91. The Morgan fingerprint density at radius 3 is 2.88 bits per heavy atom. The van der Waals surface area contributed by atoms with Crippen LogP contribution >= 0.6 is 15.9 Å². The molecule has 1 radical (unpaired) electrons. The molecule has 1 aromatic heterocycles. The molecule has 0 atom stereocenters. The zero-order chi connectivity index (χ0) is 5.98. The molecule has 0 spiro atoms. The molecule has 0 aliphatic heterocycles. The SMILES string of the molecule is Cc1[c]ccc(Br)n1. The van der Waals surface area contributed by atoms with Crippen LogP contribution in [0.15, 0.2) is 16.7 Å². The van der Waals surface area contributed by atoms with Crippen LogP contribution < -0.4 is 0 Å². The van der Waals surface area contributed by atoms with Crippen LogP contribution in [0.2, 0.25) is 0 Å². The van der Waals surface area contributed by atoms with Gasteiger partial charge in [-0.05, 0) is 35.0 Å². The number of aromatic nitrogens is 1. The van der Waals surface area contributed by atoms with Crippen LogP contribution in [0.1, 0.15) is 5.69 Å². The number of rotatable bonds is 0. The average molecular weight is 171 g/mol. The zero-order valence-electron chi connectivity index (χ0n) is 4.48. The number of nitrogens with zero attached hydrogens (tertiary/aromatic N) is 1. The van der Waals surface area contributed by atoms with Crippen LogP contribution in [0.3, 0.4) is 0 Å². The summed E-state index contributed by atoms with van der Waals surface area (Å²) in [6.07, 6.45) is 0. The van der Waals surface area contributed by atoms with Gasteiger partial charge in [0.1, 0.15) is 4.60 Å². The first-order chi connectivity index (χ1) is 3.79. The molecule has 1 rings (SSSR count). The van der Waals surface area contributed by atoms with Crippen LogP contribution in [0, 0.1) is 13.0 Å². The summed E-state index contributed by atoms with van der Waals surface area (Å²) in [5.41, 5.74) is 0.916. The van der Waals surface area contributed by atoms with Crippen LogP contribution in [0.4, 0.5) is 0 Å². The predicted molar refractivity (Wildman–Crippen MR) is 35.5 cm³/mol. The van der Waals surface area contributed by atoms with Gasteiger partial charge < -0.3 is 0 Å². The number of pyridine rings is 1. The molecule has 0 saturated carbocycles. The van der Waals surface area contributed by atoms with E-state index in [1.54, 1.807) is 0 Å². The molecule has 0 aromatic carbocycles. The van der Waals surface area contributed by atoms with E-state index in [0.29, 0.717) is 0 Å². The van der Waals surface area contributed by atoms with Crippen molar-refractivity contribution in [2.75, 3.05) is 0 Å². The third-order valence-corrected chi connectivity index (χ3v) is 1.23. The van der Waals surface area contributed by atoms with Crippen molar-refractivity contribution in [3.8, 4) is 0 Å². The highest BCUT2D eigenvalue weighted by atomic mass is 79.9. The van der Waals surface area contributed by atoms with Gasteiger partial charge in [0, 0.05) is 11.8 Å². The normalized spacial score (nSPS) is 9.25. The predicted octanol–water partition coefficient (Wildman–Crippen LogP) is 1.95. The van der Waals surface area contributed by atoms with Crippen molar-refractivity contribution >= 4 is 15.9 Å². The lowest BCUT2D eigenvalue weighted by molar-refractivity contribution is 1.16. The van der Waals surface area contributed by atoms with Crippen molar-refractivity contribution in [3.05, 3.63) is 28.5 Å². The number of aryl methyl sites for hydroxylation is 1. The number of hydrogen-bond acceptors (Lipinski definition) is 1. The second-order valence-corrected chi connectivity index (χ2v) is 2.31. The third kappa shape index (κ3) is 1.30. The van der Waals surface area contributed by atoms with E-state index in [-0.39, 0.29) is 0 Å². The Morgan fingerprint density at radius 2 is 2.50 bits per heavy atom. The Labute approximate surface area is 56.9 Å². The molecule has 0 N–H and O–H groups in total. The summed E-state index contributed by atoms with van der Waals surface area (Å²) < 4.78 is 0.869. The Hall–Kier alpha value is -0.370. The maximum absolute atomic E-state index is 4.03. The lowest BCUT2D eigenvalue weighted by Crippen LogP contribution is -1.77.